The van der Waals surface area contributed by atoms with Gasteiger partial charge in [0.25, 0.3) is 0 Å². The van der Waals surface area contributed by atoms with Crippen LogP contribution >= 0.6 is 22.9 Å². The molecule has 4 heteroatoms. The second-order valence-electron chi connectivity index (χ2n) is 4.03. The van der Waals surface area contributed by atoms with Gasteiger partial charge in [-0.05, 0) is 37.0 Å². The van der Waals surface area contributed by atoms with Gasteiger partial charge in [-0.3, -0.25) is 4.98 Å². The Kier molecular flexibility index (Phi) is 4.54. The highest BCUT2D eigenvalue weighted by Crippen LogP contribution is 2.12. The van der Waals surface area contributed by atoms with E-state index < -0.39 is 0 Å². The minimum Gasteiger partial charge on any atom is -0.300 e. The normalized spacial score (nSPS) is 11.0. The standard InChI is InChI=1S/C13H15ClN2S/c1-16(7-5-13-3-2-8-17-13)10-12-9-11(14)4-6-15-12/h2-4,6,8-9H,5,7,10H2,1H3. The number of thiophene rings is 1. The molecule has 0 aliphatic carbocycles. The first-order chi connectivity index (χ1) is 8.24. The zero-order valence-electron chi connectivity index (χ0n) is 9.77. The third-order valence-electron chi connectivity index (χ3n) is 2.53. The largest absolute Gasteiger partial charge is 0.300 e. The lowest BCUT2D eigenvalue weighted by atomic mass is 10.3. The van der Waals surface area contributed by atoms with Gasteiger partial charge < -0.3 is 4.90 Å². The van der Waals surface area contributed by atoms with Gasteiger partial charge in [0.15, 0.2) is 0 Å². The first kappa shape index (κ1) is 12.6. The van der Waals surface area contributed by atoms with Gasteiger partial charge in [-0.15, -0.1) is 11.3 Å². The van der Waals surface area contributed by atoms with Crippen LogP contribution in [0.3, 0.4) is 0 Å². The Balaban J connectivity index is 1.83. The molecule has 0 bridgehead atoms. The Morgan fingerprint density at radius 2 is 2.29 bits per heavy atom. The lowest BCUT2D eigenvalue weighted by molar-refractivity contribution is 0.328. The van der Waals surface area contributed by atoms with E-state index in [1.807, 2.05) is 17.4 Å². The summed E-state index contributed by atoms with van der Waals surface area (Å²) in [6.07, 6.45) is 2.85. The SMILES string of the molecule is CN(CCc1cccs1)Cc1cc(Cl)ccn1. The van der Waals surface area contributed by atoms with E-state index in [0.717, 1.165) is 30.2 Å². The van der Waals surface area contributed by atoms with Crippen LogP contribution in [0.25, 0.3) is 0 Å². The maximum Gasteiger partial charge on any atom is 0.0558 e. The van der Waals surface area contributed by atoms with Gasteiger partial charge in [-0.2, -0.15) is 0 Å². The van der Waals surface area contributed by atoms with Crippen molar-refractivity contribution in [1.82, 2.24) is 9.88 Å². The van der Waals surface area contributed by atoms with E-state index >= 15 is 0 Å². The molecule has 2 rings (SSSR count). The molecule has 17 heavy (non-hydrogen) atoms. The van der Waals surface area contributed by atoms with Crippen LogP contribution in [-0.4, -0.2) is 23.5 Å². The molecule has 0 aliphatic heterocycles. The number of nitrogens with zero attached hydrogens (tertiary/aromatic N) is 2. The number of hydrogen-bond acceptors (Lipinski definition) is 3. The number of aromatic nitrogens is 1. The van der Waals surface area contributed by atoms with E-state index in [0.29, 0.717) is 0 Å². The molecule has 0 amide bonds. The molecule has 0 aromatic carbocycles. The van der Waals surface area contributed by atoms with Gasteiger partial charge in [-0.1, -0.05) is 17.7 Å². The molecule has 0 saturated heterocycles. The van der Waals surface area contributed by atoms with E-state index in [1.165, 1.54) is 4.88 Å². The van der Waals surface area contributed by atoms with Crippen LogP contribution in [0.5, 0.6) is 0 Å². The quantitative estimate of drug-likeness (QED) is 0.824. The van der Waals surface area contributed by atoms with Crippen LogP contribution in [0.2, 0.25) is 5.02 Å². The van der Waals surface area contributed by atoms with Gasteiger partial charge in [0.1, 0.15) is 0 Å². The molecule has 90 valence electrons. The van der Waals surface area contributed by atoms with Crippen LogP contribution in [0.4, 0.5) is 0 Å². The summed E-state index contributed by atoms with van der Waals surface area (Å²) >= 11 is 7.74. The third kappa shape index (κ3) is 4.11. The fraction of sp³-hybridized carbons (Fsp3) is 0.308. The maximum absolute atomic E-state index is 5.93. The Morgan fingerprint density at radius 3 is 3.00 bits per heavy atom. The zero-order valence-corrected chi connectivity index (χ0v) is 11.3. The van der Waals surface area contributed by atoms with Gasteiger partial charge in [0, 0.05) is 29.2 Å². The number of pyridine rings is 1. The van der Waals surface area contributed by atoms with Crippen molar-refractivity contribution in [3.05, 3.63) is 51.4 Å². The number of halogens is 1. The van der Waals surface area contributed by atoms with E-state index in [1.54, 1.807) is 12.3 Å². The van der Waals surface area contributed by atoms with E-state index in [-0.39, 0.29) is 0 Å². The maximum atomic E-state index is 5.93. The van der Waals surface area contributed by atoms with E-state index in [4.69, 9.17) is 11.6 Å². The summed E-state index contributed by atoms with van der Waals surface area (Å²) in [7, 11) is 2.11. The summed E-state index contributed by atoms with van der Waals surface area (Å²) in [5.41, 5.74) is 1.02. The second-order valence-corrected chi connectivity index (χ2v) is 5.50. The molecule has 0 fully saturated rings. The highest BCUT2D eigenvalue weighted by molar-refractivity contribution is 7.09. The first-order valence-corrected chi connectivity index (χ1v) is 6.81. The highest BCUT2D eigenvalue weighted by Gasteiger charge is 2.03. The fourth-order valence-corrected chi connectivity index (χ4v) is 2.53. The molecule has 2 nitrogen and oxygen atoms in total. The topological polar surface area (TPSA) is 16.1 Å². The summed E-state index contributed by atoms with van der Waals surface area (Å²) in [5, 5.41) is 2.87. The van der Waals surface area contributed by atoms with E-state index in [9.17, 15) is 0 Å². The minimum atomic E-state index is 0.752. The van der Waals surface area contributed by atoms with Crippen LogP contribution in [0, 0.1) is 0 Å². The molecule has 0 spiro atoms. The average Bonchev–Trinajstić information content (AvgIpc) is 2.79. The Labute approximate surface area is 111 Å². The molecular weight excluding hydrogens is 252 g/mol. The van der Waals surface area contributed by atoms with Gasteiger partial charge in [0.2, 0.25) is 0 Å². The Hall–Kier alpha value is -0.900. The Morgan fingerprint density at radius 1 is 1.41 bits per heavy atom. The lowest BCUT2D eigenvalue weighted by Crippen LogP contribution is -2.21. The van der Waals surface area contributed by atoms with Crippen LogP contribution < -0.4 is 0 Å². The van der Waals surface area contributed by atoms with Crippen molar-refractivity contribution in [2.75, 3.05) is 13.6 Å². The third-order valence-corrected chi connectivity index (χ3v) is 3.70. The number of likely N-dealkylation sites (N-methyl/N-ethyl adjacent to an activating group) is 1. The molecule has 0 atom stereocenters. The summed E-state index contributed by atoms with van der Waals surface area (Å²) < 4.78 is 0. The van der Waals surface area contributed by atoms with Crippen molar-refractivity contribution in [2.24, 2.45) is 0 Å². The van der Waals surface area contributed by atoms with Crippen LogP contribution in [0.1, 0.15) is 10.6 Å². The predicted octanol–water partition coefficient (Wildman–Crippen LogP) is 3.47. The smallest absolute Gasteiger partial charge is 0.0558 e. The predicted molar refractivity (Wildman–Crippen MR) is 73.6 cm³/mol. The molecule has 2 aromatic rings. The molecule has 0 aliphatic rings. The molecule has 0 unspecified atom stereocenters. The minimum absolute atomic E-state index is 0.752. The van der Waals surface area contributed by atoms with Crippen LogP contribution in [0.15, 0.2) is 35.8 Å². The van der Waals surface area contributed by atoms with Gasteiger partial charge in [-0.25, -0.2) is 0 Å². The summed E-state index contributed by atoms with van der Waals surface area (Å²) in [6, 6.07) is 7.99. The number of rotatable bonds is 5. The summed E-state index contributed by atoms with van der Waals surface area (Å²) in [6.45, 7) is 1.88. The van der Waals surface area contributed by atoms with Crippen molar-refractivity contribution < 1.29 is 0 Å². The molecule has 2 heterocycles. The van der Waals surface area contributed by atoms with Crippen molar-refractivity contribution in [3.63, 3.8) is 0 Å². The second kappa shape index (κ2) is 6.15. The van der Waals surface area contributed by atoms with Crippen LogP contribution in [-0.2, 0) is 13.0 Å². The first-order valence-electron chi connectivity index (χ1n) is 5.55. The van der Waals surface area contributed by atoms with E-state index in [2.05, 4.69) is 34.4 Å². The van der Waals surface area contributed by atoms with Gasteiger partial charge in [0.05, 0.1) is 5.69 Å². The highest BCUT2D eigenvalue weighted by atomic mass is 35.5. The lowest BCUT2D eigenvalue weighted by Gasteiger charge is -2.15. The van der Waals surface area contributed by atoms with Crippen molar-refractivity contribution >= 4 is 22.9 Å². The monoisotopic (exact) mass is 266 g/mol. The summed E-state index contributed by atoms with van der Waals surface area (Å²) in [5.74, 6) is 0. The average molecular weight is 267 g/mol. The van der Waals surface area contributed by atoms with Crippen molar-refractivity contribution in [3.8, 4) is 0 Å². The summed E-state index contributed by atoms with van der Waals surface area (Å²) in [4.78, 5) is 7.99. The van der Waals surface area contributed by atoms with Crippen molar-refractivity contribution in [1.29, 1.82) is 0 Å². The molecule has 0 N–H and O–H groups in total. The van der Waals surface area contributed by atoms with Crippen molar-refractivity contribution in [2.45, 2.75) is 13.0 Å². The molecule has 0 radical (unpaired) electrons. The number of hydrogen-bond donors (Lipinski definition) is 0. The zero-order chi connectivity index (χ0) is 12.1. The molecular formula is C13H15ClN2S. The fourth-order valence-electron chi connectivity index (χ4n) is 1.65. The molecule has 0 saturated carbocycles. The Bertz CT molecular complexity index is 456. The molecule has 2 aromatic heterocycles. The van der Waals surface area contributed by atoms with Gasteiger partial charge >= 0.3 is 0 Å².